The van der Waals surface area contributed by atoms with Gasteiger partial charge in [-0.05, 0) is 23.8 Å². The van der Waals surface area contributed by atoms with E-state index in [2.05, 4.69) is 10.3 Å². The summed E-state index contributed by atoms with van der Waals surface area (Å²) in [5.74, 6) is 0.117. The first-order valence-electron chi connectivity index (χ1n) is 5.68. The molecular weight excluding hydrogens is 228 g/mol. The molecule has 0 spiro atoms. The van der Waals surface area contributed by atoms with Crippen molar-refractivity contribution in [3.8, 4) is 5.75 Å². The Hall–Kier alpha value is -2.36. The standard InChI is InChI=1S/C14H14N2O2/c17-13-4-2-1-3-12(13)10-16-14(18)9-11-5-7-15-8-6-11/h1-8,17H,9-10H2,(H,16,18). The van der Waals surface area contributed by atoms with Gasteiger partial charge in [0.05, 0.1) is 6.42 Å². The van der Waals surface area contributed by atoms with Crippen molar-refractivity contribution in [1.29, 1.82) is 0 Å². The molecule has 18 heavy (non-hydrogen) atoms. The van der Waals surface area contributed by atoms with E-state index in [9.17, 15) is 9.90 Å². The number of benzene rings is 1. The molecule has 0 aliphatic carbocycles. The summed E-state index contributed by atoms with van der Waals surface area (Å²) in [5, 5.41) is 12.3. The van der Waals surface area contributed by atoms with E-state index in [1.807, 2.05) is 6.07 Å². The summed E-state index contributed by atoms with van der Waals surface area (Å²) in [4.78, 5) is 15.6. The highest BCUT2D eigenvalue weighted by atomic mass is 16.3. The minimum atomic E-state index is -0.0792. The fourth-order valence-corrected chi connectivity index (χ4v) is 1.60. The number of carbonyl (C=O) groups is 1. The third kappa shape index (κ3) is 3.31. The van der Waals surface area contributed by atoms with Crippen LogP contribution in [0.5, 0.6) is 5.75 Å². The molecule has 92 valence electrons. The van der Waals surface area contributed by atoms with Gasteiger partial charge in [-0.25, -0.2) is 0 Å². The second kappa shape index (κ2) is 5.82. The molecule has 1 aromatic heterocycles. The van der Waals surface area contributed by atoms with Gasteiger partial charge in [0.15, 0.2) is 0 Å². The maximum absolute atomic E-state index is 11.7. The number of para-hydroxylation sites is 1. The number of nitrogens with zero attached hydrogens (tertiary/aromatic N) is 1. The van der Waals surface area contributed by atoms with Gasteiger partial charge in [-0.15, -0.1) is 0 Å². The number of phenolic OH excluding ortho intramolecular Hbond substituents is 1. The summed E-state index contributed by atoms with van der Waals surface area (Å²) in [6, 6.07) is 10.6. The molecule has 1 heterocycles. The summed E-state index contributed by atoms with van der Waals surface area (Å²) < 4.78 is 0. The number of hydrogen-bond acceptors (Lipinski definition) is 3. The first-order chi connectivity index (χ1) is 8.75. The number of amides is 1. The normalized spacial score (nSPS) is 10.0. The van der Waals surface area contributed by atoms with Gasteiger partial charge in [0, 0.05) is 24.5 Å². The lowest BCUT2D eigenvalue weighted by Crippen LogP contribution is -2.24. The molecule has 0 aliphatic rings. The molecule has 0 aliphatic heterocycles. The molecule has 0 saturated heterocycles. The van der Waals surface area contributed by atoms with E-state index in [4.69, 9.17) is 0 Å². The minimum Gasteiger partial charge on any atom is -0.508 e. The van der Waals surface area contributed by atoms with Crippen molar-refractivity contribution in [2.24, 2.45) is 0 Å². The predicted octanol–water partition coefficient (Wildman–Crippen LogP) is 1.65. The number of carbonyl (C=O) groups excluding carboxylic acids is 1. The summed E-state index contributed by atoms with van der Waals surface area (Å²) in [6.45, 7) is 0.330. The zero-order chi connectivity index (χ0) is 12.8. The molecule has 4 nitrogen and oxygen atoms in total. The second-order valence-electron chi connectivity index (χ2n) is 3.94. The Kier molecular flexibility index (Phi) is 3.91. The molecule has 0 bridgehead atoms. The first-order valence-corrected chi connectivity index (χ1v) is 5.68. The predicted molar refractivity (Wildman–Crippen MR) is 67.9 cm³/mol. The van der Waals surface area contributed by atoms with Gasteiger partial charge in [-0.1, -0.05) is 18.2 Å². The van der Waals surface area contributed by atoms with Crippen LogP contribution in [0.25, 0.3) is 0 Å². The maximum atomic E-state index is 11.7. The van der Waals surface area contributed by atoms with Crippen molar-refractivity contribution in [1.82, 2.24) is 10.3 Å². The summed E-state index contributed by atoms with van der Waals surface area (Å²) in [6.07, 6.45) is 3.63. The van der Waals surface area contributed by atoms with E-state index in [1.54, 1.807) is 42.7 Å². The summed E-state index contributed by atoms with van der Waals surface area (Å²) in [7, 11) is 0. The van der Waals surface area contributed by atoms with Crippen LogP contribution in [0, 0.1) is 0 Å². The van der Waals surface area contributed by atoms with Crippen LogP contribution >= 0.6 is 0 Å². The topological polar surface area (TPSA) is 62.2 Å². The van der Waals surface area contributed by atoms with Crippen LogP contribution in [0.4, 0.5) is 0 Å². The van der Waals surface area contributed by atoms with Gasteiger partial charge >= 0.3 is 0 Å². The van der Waals surface area contributed by atoms with Crippen LogP contribution in [0.1, 0.15) is 11.1 Å². The quantitative estimate of drug-likeness (QED) is 0.856. The molecule has 2 N–H and O–H groups in total. The highest BCUT2D eigenvalue weighted by Gasteiger charge is 2.04. The largest absolute Gasteiger partial charge is 0.508 e. The fourth-order valence-electron chi connectivity index (χ4n) is 1.60. The van der Waals surface area contributed by atoms with Gasteiger partial charge in [-0.2, -0.15) is 0 Å². The average Bonchev–Trinajstić information content (AvgIpc) is 2.39. The number of aromatic nitrogens is 1. The Bertz CT molecular complexity index is 526. The third-order valence-electron chi connectivity index (χ3n) is 2.58. The molecule has 0 fully saturated rings. The average molecular weight is 242 g/mol. The molecule has 1 aromatic carbocycles. The Morgan fingerprint density at radius 3 is 2.61 bits per heavy atom. The monoisotopic (exact) mass is 242 g/mol. The van der Waals surface area contributed by atoms with E-state index in [1.165, 1.54) is 0 Å². The summed E-state index contributed by atoms with van der Waals surface area (Å²) in [5.41, 5.74) is 1.63. The number of rotatable bonds is 4. The number of pyridine rings is 1. The van der Waals surface area contributed by atoms with Crippen molar-refractivity contribution in [2.45, 2.75) is 13.0 Å². The van der Waals surface area contributed by atoms with Crippen LogP contribution in [0.2, 0.25) is 0 Å². The molecule has 0 unspecified atom stereocenters. The lowest BCUT2D eigenvalue weighted by Gasteiger charge is -2.06. The lowest BCUT2D eigenvalue weighted by molar-refractivity contribution is -0.120. The van der Waals surface area contributed by atoms with Gasteiger partial charge in [-0.3, -0.25) is 9.78 Å². The zero-order valence-electron chi connectivity index (χ0n) is 9.84. The molecule has 2 rings (SSSR count). The van der Waals surface area contributed by atoms with Gasteiger partial charge in [0.1, 0.15) is 5.75 Å². The van der Waals surface area contributed by atoms with Crippen molar-refractivity contribution < 1.29 is 9.90 Å². The Balaban J connectivity index is 1.88. The van der Waals surface area contributed by atoms with Crippen molar-refractivity contribution >= 4 is 5.91 Å². The number of phenols is 1. The maximum Gasteiger partial charge on any atom is 0.224 e. The molecule has 0 saturated carbocycles. The Labute approximate surface area is 105 Å². The highest BCUT2D eigenvalue weighted by molar-refractivity contribution is 5.78. The van der Waals surface area contributed by atoms with Crippen LogP contribution in [-0.2, 0) is 17.8 Å². The van der Waals surface area contributed by atoms with E-state index in [-0.39, 0.29) is 11.7 Å². The smallest absolute Gasteiger partial charge is 0.224 e. The number of nitrogens with one attached hydrogen (secondary N) is 1. The van der Waals surface area contributed by atoms with Gasteiger partial charge in [0.2, 0.25) is 5.91 Å². The molecule has 0 radical (unpaired) electrons. The zero-order valence-corrected chi connectivity index (χ0v) is 9.84. The van der Waals surface area contributed by atoms with Crippen LogP contribution in [0.15, 0.2) is 48.8 Å². The molecule has 4 heteroatoms. The Morgan fingerprint density at radius 1 is 1.17 bits per heavy atom. The number of hydrogen-bond donors (Lipinski definition) is 2. The summed E-state index contributed by atoms with van der Waals surface area (Å²) >= 11 is 0. The van der Waals surface area contributed by atoms with Crippen LogP contribution < -0.4 is 5.32 Å². The highest BCUT2D eigenvalue weighted by Crippen LogP contribution is 2.14. The first kappa shape index (κ1) is 12.1. The molecular formula is C14H14N2O2. The number of aromatic hydroxyl groups is 1. The van der Waals surface area contributed by atoms with Gasteiger partial charge < -0.3 is 10.4 Å². The van der Waals surface area contributed by atoms with E-state index in [0.29, 0.717) is 18.5 Å². The Morgan fingerprint density at radius 2 is 1.89 bits per heavy atom. The van der Waals surface area contributed by atoms with E-state index >= 15 is 0 Å². The van der Waals surface area contributed by atoms with Crippen molar-refractivity contribution in [2.75, 3.05) is 0 Å². The minimum absolute atomic E-state index is 0.0792. The lowest BCUT2D eigenvalue weighted by atomic mass is 10.1. The van der Waals surface area contributed by atoms with Crippen molar-refractivity contribution in [3.05, 3.63) is 59.9 Å². The second-order valence-corrected chi connectivity index (χ2v) is 3.94. The SMILES string of the molecule is O=C(Cc1ccncc1)NCc1ccccc1O. The van der Waals surface area contributed by atoms with E-state index in [0.717, 1.165) is 5.56 Å². The molecule has 0 atom stereocenters. The van der Waals surface area contributed by atoms with Crippen molar-refractivity contribution in [3.63, 3.8) is 0 Å². The fraction of sp³-hybridized carbons (Fsp3) is 0.143. The van der Waals surface area contributed by atoms with E-state index < -0.39 is 0 Å². The molecule has 2 aromatic rings. The third-order valence-corrected chi connectivity index (χ3v) is 2.58. The van der Waals surface area contributed by atoms with Crippen LogP contribution in [0.3, 0.4) is 0 Å². The van der Waals surface area contributed by atoms with Crippen LogP contribution in [-0.4, -0.2) is 16.0 Å². The van der Waals surface area contributed by atoms with Gasteiger partial charge in [0.25, 0.3) is 0 Å². The molecule has 1 amide bonds.